The molecule has 1 aliphatic carbocycles. The molecule has 0 aromatic heterocycles. The van der Waals surface area contributed by atoms with Gasteiger partial charge in [0.2, 0.25) is 5.91 Å². The highest BCUT2D eigenvalue weighted by atomic mass is 16.7. The van der Waals surface area contributed by atoms with Crippen molar-refractivity contribution in [3.63, 3.8) is 0 Å². The maximum Gasteiger partial charge on any atom is 0.232 e. The fourth-order valence-corrected chi connectivity index (χ4v) is 3.82. The van der Waals surface area contributed by atoms with Gasteiger partial charge >= 0.3 is 0 Å². The number of anilines is 1. The lowest BCUT2D eigenvalue weighted by Crippen LogP contribution is -2.77. The van der Waals surface area contributed by atoms with E-state index in [1.165, 1.54) is 0 Å². The van der Waals surface area contributed by atoms with Gasteiger partial charge in [-0.05, 0) is 37.1 Å². The van der Waals surface area contributed by atoms with Gasteiger partial charge in [-0.2, -0.15) is 5.06 Å². The molecule has 4 rings (SSSR count). The van der Waals surface area contributed by atoms with Crippen LogP contribution in [0.2, 0.25) is 0 Å². The van der Waals surface area contributed by atoms with Crippen molar-refractivity contribution in [2.24, 2.45) is 5.92 Å². The van der Waals surface area contributed by atoms with Crippen molar-refractivity contribution in [1.82, 2.24) is 5.06 Å². The number of carbonyl (C=O) groups excluding carboxylic acids is 1. The van der Waals surface area contributed by atoms with E-state index in [2.05, 4.69) is 0 Å². The highest BCUT2D eigenvalue weighted by Crippen LogP contribution is 2.47. The molecule has 20 heavy (non-hydrogen) atoms. The van der Waals surface area contributed by atoms with Crippen molar-refractivity contribution < 1.29 is 14.4 Å². The van der Waals surface area contributed by atoms with Gasteiger partial charge in [0.1, 0.15) is 5.75 Å². The van der Waals surface area contributed by atoms with Gasteiger partial charge in [-0.15, -0.1) is 0 Å². The fraction of sp³-hybridized carbons (Fsp3) is 0.533. The number of likely N-dealkylation sites (N-methyl/N-ethyl adjacent to an activating group) is 1. The largest absolute Gasteiger partial charge is 0.497 e. The number of hydroxylamine groups is 2. The van der Waals surface area contributed by atoms with Crippen LogP contribution in [-0.4, -0.2) is 43.3 Å². The number of benzene rings is 1. The molecule has 0 bridgehead atoms. The predicted octanol–water partition coefficient (Wildman–Crippen LogP) is 1.43. The molecule has 0 radical (unpaired) electrons. The summed E-state index contributed by atoms with van der Waals surface area (Å²) < 4.78 is 5.17. The van der Waals surface area contributed by atoms with E-state index in [0.29, 0.717) is 6.04 Å². The van der Waals surface area contributed by atoms with Crippen molar-refractivity contribution >= 4 is 11.6 Å². The molecule has 106 valence electrons. The average Bonchev–Trinajstić information content (AvgIpc) is 2.46. The highest BCUT2D eigenvalue weighted by molar-refractivity contribution is 6.03. The second kappa shape index (κ2) is 4.20. The third kappa shape index (κ3) is 1.47. The Morgan fingerprint density at radius 3 is 2.60 bits per heavy atom. The first-order valence-electron chi connectivity index (χ1n) is 7.07. The number of carbonyl (C=O) groups is 1. The van der Waals surface area contributed by atoms with E-state index in [-0.39, 0.29) is 24.0 Å². The third-order valence-corrected chi connectivity index (χ3v) is 4.83. The summed E-state index contributed by atoms with van der Waals surface area (Å²) in [6.45, 7) is 0. The molecule has 3 fully saturated rings. The zero-order valence-electron chi connectivity index (χ0n) is 11.7. The summed E-state index contributed by atoms with van der Waals surface area (Å²) >= 11 is 0. The minimum Gasteiger partial charge on any atom is -0.497 e. The molecular weight excluding hydrogens is 256 g/mol. The molecule has 0 spiro atoms. The summed E-state index contributed by atoms with van der Waals surface area (Å²) in [5, 5.41) is 1.91. The standard InChI is InChI=1S/C15H18N2O3/c1-16-14-12(20-16)8-7-11-13(14)17(15(11)18)9-3-5-10(19-2)6-4-9/h3-6,11-14H,7-8H2,1-2H3/t11-,12-,13-,14-/m1/s1. The van der Waals surface area contributed by atoms with Crippen LogP contribution in [0.1, 0.15) is 12.8 Å². The van der Waals surface area contributed by atoms with Crippen LogP contribution >= 0.6 is 0 Å². The Balaban J connectivity index is 1.62. The molecule has 0 N–H and O–H groups in total. The quantitative estimate of drug-likeness (QED) is 0.765. The third-order valence-electron chi connectivity index (χ3n) is 4.83. The van der Waals surface area contributed by atoms with Crippen LogP contribution in [0.4, 0.5) is 5.69 Å². The van der Waals surface area contributed by atoms with Gasteiger partial charge in [0, 0.05) is 12.7 Å². The van der Waals surface area contributed by atoms with Gasteiger partial charge in [-0.25, -0.2) is 0 Å². The van der Waals surface area contributed by atoms with Crippen molar-refractivity contribution in [3.05, 3.63) is 24.3 Å². The summed E-state index contributed by atoms with van der Waals surface area (Å²) in [5.74, 6) is 1.23. The smallest absolute Gasteiger partial charge is 0.232 e. The molecule has 1 amide bonds. The molecular formula is C15H18N2O3. The van der Waals surface area contributed by atoms with Crippen LogP contribution in [0.5, 0.6) is 5.75 Å². The SMILES string of the molecule is COc1ccc(N2C(=O)[C@@H]3CC[C@H]4ON(C)[C@H]4[C@@H]32)cc1. The van der Waals surface area contributed by atoms with Crippen LogP contribution in [0.25, 0.3) is 0 Å². The van der Waals surface area contributed by atoms with Gasteiger partial charge in [0.25, 0.3) is 0 Å². The Morgan fingerprint density at radius 1 is 1.20 bits per heavy atom. The molecule has 1 saturated carbocycles. The van der Waals surface area contributed by atoms with Gasteiger partial charge < -0.3 is 9.64 Å². The first kappa shape index (κ1) is 12.2. The zero-order chi connectivity index (χ0) is 13.9. The zero-order valence-corrected chi connectivity index (χ0v) is 11.7. The lowest BCUT2D eigenvalue weighted by molar-refractivity contribution is -0.343. The van der Waals surface area contributed by atoms with Crippen LogP contribution in [0.3, 0.4) is 0 Å². The normalized spacial score (nSPS) is 35.7. The molecule has 2 aliphatic heterocycles. The molecule has 0 unspecified atom stereocenters. The van der Waals surface area contributed by atoms with Gasteiger partial charge in [0.15, 0.2) is 0 Å². The van der Waals surface area contributed by atoms with E-state index in [0.717, 1.165) is 24.3 Å². The maximum atomic E-state index is 12.4. The predicted molar refractivity (Wildman–Crippen MR) is 73.4 cm³/mol. The van der Waals surface area contributed by atoms with Crippen molar-refractivity contribution in [3.8, 4) is 5.75 Å². The van der Waals surface area contributed by atoms with Crippen LogP contribution < -0.4 is 9.64 Å². The molecule has 5 heteroatoms. The number of ether oxygens (including phenoxy) is 1. The van der Waals surface area contributed by atoms with Gasteiger partial charge in [0.05, 0.1) is 31.2 Å². The Labute approximate surface area is 118 Å². The Kier molecular flexibility index (Phi) is 2.56. The van der Waals surface area contributed by atoms with Gasteiger partial charge in [-0.3, -0.25) is 9.63 Å². The fourth-order valence-electron chi connectivity index (χ4n) is 3.82. The number of methoxy groups -OCH3 is 1. The number of hydrogen-bond donors (Lipinski definition) is 0. The van der Waals surface area contributed by atoms with Gasteiger partial charge in [-0.1, -0.05) is 0 Å². The minimum absolute atomic E-state index is 0.171. The van der Waals surface area contributed by atoms with E-state index >= 15 is 0 Å². The van der Waals surface area contributed by atoms with E-state index in [9.17, 15) is 4.79 Å². The van der Waals surface area contributed by atoms with Crippen LogP contribution in [-0.2, 0) is 9.63 Å². The maximum absolute atomic E-state index is 12.4. The summed E-state index contributed by atoms with van der Waals surface area (Å²) in [5.41, 5.74) is 0.956. The monoisotopic (exact) mass is 274 g/mol. The van der Waals surface area contributed by atoms with E-state index < -0.39 is 0 Å². The van der Waals surface area contributed by atoms with Crippen molar-refractivity contribution in [1.29, 1.82) is 0 Å². The van der Waals surface area contributed by atoms with Crippen molar-refractivity contribution in [2.45, 2.75) is 31.0 Å². The first-order valence-corrected chi connectivity index (χ1v) is 7.07. The summed E-state index contributed by atoms with van der Waals surface area (Å²) in [6.07, 6.45) is 2.24. The summed E-state index contributed by atoms with van der Waals surface area (Å²) in [7, 11) is 3.60. The molecule has 1 aromatic rings. The number of nitrogens with zero attached hydrogens (tertiary/aromatic N) is 2. The number of β-lactam (4-membered cyclic amide) rings is 1. The molecule has 1 aromatic carbocycles. The molecule has 2 heterocycles. The van der Waals surface area contributed by atoms with Crippen LogP contribution in [0, 0.1) is 5.92 Å². The van der Waals surface area contributed by atoms with E-state index in [1.54, 1.807) is 7.11 Å². The molecule has 4 atom stereocenters. The summed E-state index contributed by atoms with van der Waals surface area (Å²) in [4.78, 5) is 19.9. The minimum atomic E-state index is 0.171. The second-order valence-electron chi connectivity index (χ2n) is 5.76. The Bertz CT molecular complexity index is 545. The average molecular weight is 274 g/mol. The summed E-state index contributed by atoms with van der Waals surface area (Å²) in [6, 6.07) is 8.31. The molecule has 3 aliphatic rings. The number of rotatable bonds is 2. The molecule has 5 nitrogen and oxygen atoms in total. The second-order valence-corrected chi connectivity index (χ2v) is 5.76. The lowest BCUT2D eigenvalue weighted by atomic mass is 9.70. The van der Waals surface area contributed by atoms with Crippen molar-refractivity contribution in [2.75, 3.05) is 19.1 Å². The topological polar surface area (TPSA) is 42.0 Å². The molecule has 2 saturated heterocycles. The van der Waals surface area contributed by atoms with Crippen LogP contribution in [0.15, 0.2) is 24.3 Å². The number of amides is 1. The Morgan fingerprint density at radius 2 is 1.95 bits per heavy atom. The number of fused-ring (bicyclic) bond motifs is 3. The van der Waals surface area contributed by atoms with E-state index in [4.69, 9.17) is 9.57 Å². The number of hydrogen-bond acceptors (Lipinski definition) is 4. The Hall–Kier alpha value is -1.59. The lowest BCUT2D eigenvalue weighted by Gasteiger charge is -2.61. The van der Waals surface area contributed by atoms with E-state index in [1.807, 2.05) is 41.3 Å². The highest BCUT2D eigenvalue weighted by Gasteiger charge is 2.61. The first-order chi connectivity index (χ1) is 9.70.